The first-order chi connectivity index (χ1) is 8.38. The SMILES string of the molecule is NS(=O)(=O)c1ccc(Cl)c(C(=O)OC2COC2)c1. The Bertz CT molecular complexity index is 582. The Hall–Kier alpha value is -1.15. The Labute approximate surface area is 109 Å². The molecule has 0 saturated carbocycles. The molecule has 0 aliphatic carbocycles. The van der Waals surface area contributed by atoms with Crippen molar-refractivity contribution >= 4 is 27.6 Å². The fraction of sp³-hybridized carbons (Fsp3) is 0.300. The molecule has 1 aliphatic rings. The van der Waals surface area contributed by atoms with Crippen LogP contribution < -0.4 is 5.14 Å². The van der Waals surface area contributed by atoms with Crippen LogP contribution in [0.2, 0.25) is 5.02 Å². The molecule has 8 heteroatoms. The van der Waals surface area contributed by atoms with Crippen LogP contribution in [0.1, 0.15) is 10.4 Å². The highest BCUT2D eigenvalue weighted by Crippen LogP contribution is 2.22. The van der Waals surface area contributed by atoms with Crippen molar-refractivity contribution in [2.75, 3.05) is 13.2 Å². The zero-order chi connectivity index (χ0) is 13.3. The number of primary sulfonamides is 1. The van der Waals surface area contributed by atoms with Gasteiger partial charge in [0.15, 0.2) is 0 Å². The van der Waals surface area contributed by atoms with E-state index in [4.69, 9.17) is 26.2 Å². The highest BCUT2D eigenvalue weighted by atomic mass is 35.5. The van der Waals surface area contributed by atoms with Crippen molar-refractivity contribution in [3.05, 3.63) is 28.8 Å². The maximum atomic E-state index is 11.8. The van der Waals surface area contributed by atoms with Gasteiger partial charge in [-0.3, -0.25) is 0 Å². The topological polar surface area (TPSA) is 95.7 Å². The molecule has 1 fully saturated rings. The lowest BCUT2D eigenvalue weighted by Crippen LogP contribution is -2.37. The third kappa shape index (κ3) is 2.81. The van der Waals surface area contributed by atoms with Crippen molar-refractivity contribution in [1.82, 2.24) is 0 Å². The summed E-state index contributed by atoms with van der Waals surface area (Å²) in [6, 6.07) is 3.61. The summed E-state index contributed by atoms with van der Waals surface area (Å²) in [5.74, 6) is -0.696. The van der Waals surface area contributed by atoms with E-state index in [0.717, 1.165) is 6.07 Å². The first-order valence-electron chi connectivity index (χ1n) is 4.99. The van der Waals surface area contributed by atoms with E-state index in [9.17, 15) is 13.2 Å². The van der Waals surface area contributed by atoms with Gasteiger partial charge in [-0.2, -0.15) is 0 Å². The maximum Gasteiger partial charge on any atom is 0.340 e. The van der Waals surface area contributed by atoms with Crippen LogP contribution >= 0.6 is 11.6 Å². The number of sulfonamides is 1. The van der Waals surface area contributed by atoms with E-state index in [0.29, 0.717) is 13.2 Å². The summed E-state index contributed by atoms with van der Waals surface area (Å²) in [6.07, 6.45) is -0.313. The summed E-state index contributed by atoms with van der Waals surface area (Å²) in [5, 5.41) is 5.08. The molecule has 1 saturated heterocycles. The van der Waals surface area contributed by atoms with Gasteiger partial charge in [0.2, 0.25) is 10.0 Å². The Morgan fingerprint density at radius 2 is 2.11 bits per heavy atom. The van der Waals surface area contributed by atoms with E-state index in [-0.39, 0.29) is 21.6 Å². The van der Waals surface area contributed by atoms with Gasteiger partial charge in [-0.15, -0.1) is 0 Å². The second-order valence-corrected chi connectivity index (χ2v) is 5.72. The number of carbonyl (C=O) groups excluding carboxylic acids is 1. The number of esters is 1. The van der Waals surface area contributed by atoms with Crippen LogP contribution in [-0.2, 0) is 19.5 Å². The quantitative estimate of drug-likeness (QED) is 0.820. The van der Waals surface area contributed by atoms with Crippen molar-refractivity contribution in [2.24, 2.45) is 5.14 Å². The molecule has 2 N–H and O–H groups in total. The number of hydrogen-bond acceptors (Lipinski definition) is 5. The van der Waals surface area contributed by atoms with Crippen LogP contribution in [0.3, 0.4) is 0 Å². The van der Waals surface area contributed by atoms with Gasteiger partial charge in [0.1, 0.15) is 6.10 Å². The standard InChI is InChI=1S/C10H10ClNO5S/c11-9-2-1-7(18(12,14)15)3-8(9)10(13)17-6-4-16-5-6/h1-3,6H,4-5H2,(H2,12,14,15). The van der Waals surface area contributed by atoms with Crippen LogP contribution in [0.4, 0.5) is 0 Å². The molecule has 0 atom stereocenters. The molecule has 1 heterocycles. The third-order valence-electron chi connectivity index (χ3n) is 2.37. The second-order valence-electron chi connectivity index (χ2n) is 3.75. The normalized spacial score (nSPS) is 16.1. The Morgan fingerprint density at radius 1 is 1.44 bits per heavy atom. The summed E-state index contributed by atoms with van der Waals surface area (Å²) in [6.45, 7) is 0.663. The molecular weight excluding hydrogens is 282 g/mol. The Kier molecular flexibility index (Phi) is 3.58. The number of benzene rings is 1. The van der Waals surface area contributed by atoms with Gasteiger partial charge >= 0.3 is 5.97 Å². The van der Waals surface area contributed by atoms with E-state index in [1.54, 1.807) is 0 Å². The lowest BCUT2D eigenvalue weighted by Gasteiger charge is -2.25. The molecule has 6 nitrogen and oxygen atoms in total. The number of ether oxygens (including phenoxy) is 2. The molecule has 0 radical (unpaired) electrons. The summed E-state index contributed by atoms with van der Waals surface area (Å²) in [5.41, 5.74) is -0.0323. The Morgan fingerprint density at radius 3 is 2.61 bits per heavy atom. The molecule has 1 aromatic rings. The lowest BCUT2D eigenvalue weighted by atomic mass is 10.2. The smallest absolute Gasteiger partial charge is 0.340 e. The van der Waals surface area contributed by atoms with Crippen LogP contribution in [0.15, 0.2) is 23.1 Å². The molecule has 2 rings (SSSR count). The zero-order valence-electron chi connectivity index (χ0n) is 9.13. The molecule has 98 valence electrons. The predicted molar refractivity (Wildman–Crippen MR) is 62.8 cm³/mol. The van der Waals surface area contributed by atoms with Crippen LogP contribution in [0.25, 0.3) is 0 Å². The monoisotopic (exact) mass is 291 g/mol. The van der Waals surface area contributed by atoms with Crippen molar-refractivity contribution in [3.8, 4) is 0 Å². The van der Waals surface area contributed by atoms with Crippen molar-refractivity contribution in [3.63, 3.8) is 0 Å². The fourth-order valence-electron chi connectivity index (χ4n) is 1.33. The van der Waals surface area contributed by atoms with E-state index in [1.165, 1.54) is 12.1 Å². The average Bonchev–Trinajstić information content (AvgIpc) is 2.22. The molecule has 1 aliphatic heterocycles. The van der Waals surface area contributed by atoms with Gasteiger partial charge < -0.3 is 9.47 Å². The maximum absolute atomic E-state index is 11.8. The number of nitrogens with two attached hydrogens (primary N) is 1. The summed E-state index contributed by atoms with van der Waals surface area (Å²) < 4.78 is 32.2. The number of carbonyl (C=O) groups is 1. The minimum Gasteiger partial charge on any atom is -0.454 e. The van der Waals surface area contributed by atoms with E-state index in [2.05, 4.69) is 0 Å². The highest BCUT2D eigenvalue weighted by Gasteiger charge is 2.25. The third-order valence-corrected chi connectivity index (χ3v) is 3.61. The first kappa shape index (κ1) is 13.3. The van der Waals surface area contributed by atoms with E-state index < -0.39 is 16.0 Å². The first-order valence-corrected chi connectivity index (χ1v) is 6.91. The lowest BCUT2D eigenvalue weighted by molar-refractivity contribution is -0.103. The van der Waals surface area contributed by atoms with Crippen LogP contribution in [-0.4, -0.2) is 33.7 Å². The van der Waals surface area contributed by atoms with Crippen molar-refractivity contribution in [1.29, 1.82) is 0 Å². The number of halogens is 1. The largest absolute Gasteiger partial charge is 0.454 e. The fourth-order valence-corrected chi connectivity index (χ4v) is 2.07. The minimum atomic E-state index is -3.89. The van der Waals surface area contributed by atoms with Gasteiger partial charge in [-0.25, -0.2) is 18.4 Å². The Balaban J connectivity index is 2.28. The van der Waals surface area contributed by atoms with Gasteiger partial charge in [-0.1, -0.05) is 11.6 Å². The van der Waals surface area contributed by atoms with Gasteiger partial charge in [-0.05, 0) is 18.2 Å². The minimum absolute atomic E-state index is 0.0323. The highest BCUT2D eigenvalue weighted by molar-refractivity contribution is 7.89. The predicted octanol–water partition coefficient (Wildman–Crippen LogP) is 0.543. The second kappa shape index (κ2) is 4.85. The molecule has 0 unspecified atom stereocenters. The number of hydrogen-bond donors (Lipinski definition) is 1. The average molecular weight is 292 g/mol. The molecular formula is C10H10ClNO5S. The number of rotatable bonds is 3. The molecule has 0 amide bonds. The van der Waals surface area contributed by atoms with Crippen LogP contribution in [0, 0.1) is 0 Å². The summed E-state index contributed by atoms with van der Waals surface area (Å²) in [4.78, 5) is 11.6. The summed E-state index contributed by atoms with van der Waals surface area (Å²) in [7, 11) is -3.89. The van der Waals surface area contributed by atoms with E-state index >= 15 is 0 Å². The van der Waals surface area contributed by atoms with Crippen LogP contribution in [0.5, 0.6) is 0 Å². The van der Waals surface area contributed by atoms with Crippen molar-refractivity contribution < 1.29 is 22.7 Å². The molecule has 1 aromatic carbocycles. The van der Waals surface area contributed by atoms with Gasteiger partial charge in [0.05, 0.1) is 28.7 Å². The zero-order valence-corrected chi connectivity index (χ0v) is 10.7. The summed E-state index contributed by atoms with van der Waals surface area (Å²) >= 11 is 5.82. The van der Waals surface area contributed by atoms with Gasteiger partial charge in [0.25, 0.3) is 0 Å². The van der Waals surface area contributed by atoms with Crippen molar-refractivity contribution in [2.45, 2.75) is 11.0 Å². The molecule has 0 aromatic heterocycles. The molecule has 18 heavy (non-hydrogen) atoms. The van der Waals surface area contributed by atoms with Gasteiger partial charge in [0, 0.05) is 0 Å². The van der Waals surface area contributed by atoms with E-state index in [1.807, 2.05) is 0 Å². The molecule has 0 spiro atoms. The molecule has 0 bridgehead atoms.